The van der Waals surface area contributed by atoms with Crippen LogP contribution in [0.3, 0.4) is 0 Å². The van der Waals surface area contributed by atoms with Crippen LogP contribution in [-0.2, 0) is 0 Å². The fourth-order valence-corrected chi connectivity index (χ4v) is 6.16. The zero-order valence-corrected chi connectivity index (χ0v) is 23.3. The third-order valence-corrected chi connectivity index (χ3v) is 8.71. The zero-order valence-electron chi connectivity index (χ0n) is 22.5. The van der Waals surface area contributed by atoms with Gasteiger partial charge in [0.2, 0.25) is 5.95 Å². The fraction of sp³-hybridized carbons (Fsp3) is 0.400. The van der Waals surface area contributed by atoms with Crippen LogP contribution in [-0.4, -0.2) is 78.4 Å². The first-order valence-corrected chi connectivity index (χ1v) is 13.9. The molecule has 0 aliphatic carbocycles. The Morgan fingerprint density at radius 1 is 1.08 bits per heavy atom. The van der Waals surface area contributed by atoms with Crippen molar-refractivity contribution in [2.75, 3.05) is 50.1 Å². The van der Waals surface area contributed by atoms with Gasteiger partial charge in [-0.05, 0) is 74.0 Å². The van der Waals surface area contributed by atoms with Gasteiger partial charge in [0.05, 0.1) is 0 Å². The number of halogens is 2. The minimum atomic E-state index is 0.167. The van der Waals surface area contributed by atoms with Crippen molar-refractivity contribution < 1.29 is 9.50 Å². The van der Waals surface area contributed by atoms with Gasteiger partial charge in [-0.25, -0.2) is 9.37 Å². The Morgan fingerprint density at radius 3 is 2.49 bits per heavy atom. The molecule has 3 aromatic rings. The smallest absolute Gasteiger partial charge is 0.228 e. The summed E-state index contributed by atoms with van der Waals surface area (Å²) in [6, 6.07) is 12.5. The van der Waals surface area contributed by atoms with E-state index in [9.17, 15) is 9.50 Å². The van der Waals surface area contributed by atoms with E-state index in [2.05, 4.69) is 39.1 Å². The molecule has 2 N–H and O–H groups in total. The number of hydrogen-bond donors (Lipinski definition) is 2. The summed E-state index contributed by atoms with van der Waals surface area (Å²) >= 11 is 6.96. The summed E-state index contributed by atoms with van der Waals surface area (Å²) in [5.74, 6) is 1.42. The molecule has 39 heavy (non-hydrogen) atoms. The molecule has 0 saturated carbocycles. The highest BCUT2D eigenvalue weighted by Gasteiger charge is 2.35. The molecule has 9 heteroatoms. The van der Waals surface area contributed by atoms with Gasteiger partial charge in [0.15, 0.2) is 0 Å². The molecule has 7 nitrogen and oxygen atoms in total. The van der Waals surface area contributed by atoms with Crippen LogP contribution in [0.1, 0.15) is 25.3 Å². The molecule has 1 aromatic heterocycles. The molecular weight excluding hydrogens is 515 g/mol. The molecule has 6 rings (SSSR count). The van der Waals surface area contributed by atoms with E-state index >= 15 is 0 Å². The van der Waals surface area contributed by atoms with Crippen molar-refractivity contribution >= 4 is 52.1 Å². The molecule has 3 aliphatic heterocycles. The molecule has 4 heterocycles. The van der Waals surface area contributed by atoms with E-state index < -0.39 is 0 Å². The number of hydrogen-bond acceptors (Lipinski definition) is 7. The summed E-state index contributed by atoms with van der Waals surface area (Å²) in [4.78, 5) is 16.2. The van der Waals surface area contributed by atoms with Gasteiger partial charge in [-0.3, -0.25) is 0 Å². The van der Waals surface area contributed by atoms with Crippen molar-refractivity contribution in [2.45, 2.75) is 37.9 Å². The number of phenols is 1. The Labute approximate surface area is 232 Å². The van der Waals surface area contributed by atoms with Gasteiger partial charge in [-0.1, -0.05) is 35.9 Å². The molecule has 0 amide bonds. The number of phenolic OH excluding ortho intramolecular Hbond substituents is 1. The molecule has 2 unspecified atom stereocenters. The SMILES string of the molecule is C\C(=C(Cl)/C=c1/c(N2CC3CCC(C2)N3)nc(N2CC(N(C)C)C2)n/c1=C\F)c1cc(O)cc2ccccc12. The predicted octanol–water partition coefficient (Wildman–Crippen LogP) is 3.18. The standard InChI is InChI=1S/C30H34ClFN6O/c1-18(25-11-23(39)10-19-6-4-5-7-24(19)25)27(31)12-26-28(13-32)34-30(38-16-22(17-38)36(2)3)35-29(26)37-14-20-8-9-21(15-37)33-20/h4-7,10-13,20-22,33,39H,8-9,14-17H2,1-3H3/b26-12+,27-18-,28-13-. The number of piperazine rings is 1. The molecule has 0 spiro atoms. The van der Waals surface area contributed by atoms with E-state index in [1.807, 2.05) is 31.2 Å². The maximum absolute atomic E-state index is 14.5. The number of rotatable bonds is 5. The van der Waals surface area contributed by atoms with Crippen LogP contribution in [0, 0.1) is 0 Å². The van der Waals surface area contributed by atoms with E-state index in [1.165, 1.54) is 0 Å². The number of anilines is 2. The fourth-order valence-electron chi connectivity index (χ4n) is 5.95. The number of nitrogens with one attached hydrogen (secondary N) is 1. The second-order valence-corrected chi connectivity index (χ2v) is 11.6. The minimum Gasteiger partial charge on any atom is -0.508 e. The normalized spacial score (nSPS) is 23.1. The average Bonchev–Trinajstić information content (AvgIpc) is 3.24. The molecule has 2 atom stereocenters. The van der Waals surface area contributed by atoms with Crippen LogP contribution in [0.25, 0.3) is 28.8 Å². The Hall–Kier alpha value is -3.20. The largest absolute Gasteiger partial charge is 0.508 e. The Kier molecular flexibility index (Phi) is 6.95. The van der Waals surface area contributed by atoms with E-state index in [0.717, 1.165) is 60.9 Å². The van der Waals surface area contributed by atoms with Crippen LogP contribution in [0.5, 0.6) is 5.75 Å². The molecular formula is C30H34ClFN6O. The van der Waals surface area contributed by atoms with E-state index in [-0.39, 0.29) is 11.1 Å². The third-order valence-electron chi connectivity index (χ3n) is 8.32. The number of benzene rings is 2. The average molecular weight is 549 g/mol. The summed E-state index contributed by atoms with van der Waals surface area (Å²) in [6.45, 7) is 5.13. The first-order valence-electron chi connectivity index (χ1n) is 13.5. The maximum Gasteiger partial charge on any atom is 0.228 e. The summed E-state index contributed by atoms with van der Waals surface area (Å²) in [7, 11) is 4.13. The van der Waals surface area contributed by atoms with Gasteiger partial charge in [0.25, 0.3) is 0 Å². The van der Waals surface area contributed by atoms with Crippen molar-refractivity contribution in [3.05, 3.63) is 57.6 Å². The Morgan fingerprint density at radius 2 is 1.79 bits per heavy atom. The van der Waals surface area contributed by atoms with Crippen LogP contribution in [0.15, 0.2) is 41.4 Å². The highest BCUT2D eigenvalue weighted by Crippen LogP contribution is 2.33. The molecule has 2 bridgehead atoms. The molecule has 3 saturated heterocycles. The molecule has 2 aromatic carbocycles. The second-order valence-electron chi connectivity index (χ2n) is 11.2. The topological polar surface area (TPSA) is 67.8 Å². The second kappa shape index (κ2) is 10.4. The zero-order chi connectivity index (χ0) is 27.3. The highest BCUT2D eigenvalue weighted by molar-refractivity contribution is 6.37. The number of allylic oxidation sites excluding steroid dienone is 2. The van der Waals surface area contributed by atoms with Crippen LogP contribution >= 0.6 is 11.6 Å². The Balaban J connectivity index is 1.49. The first-order chi connectivity index (χ1) is 18.8. The first kappa shape index (κ1) is 26.0. The monoisotopic (exact) mass is 548 g/mol. The van der Waals surface area contributed by atoms with Crippen molar-refractivity contribution in [3.8, 4) is 5.75 Å². The number of likely N-dealkylation sites (N-methyl/N-ethyl adjacent to an activating group) is 1. The number of nitrogens with zero attached hydrogens (tertiary/aromatic N) is 5. The van der Waals surface area contributed by atoms with Gasteiger partial charge >= 0.3 is 0 Å². The van der Waals surface area contributed by atoms with Crippen molar-refractivity contribution in [1.29, 1.82) is 0 Å². The van der Waals surface area contributed by atoms with Crippen molar-refractivity contribution in [1.82, 2.24) is 20.2 Å². The van der Waals surface area contributed by atoms with E-state index in [0.29, 0.717) is 46.5 Å². The lowest BCUT2D eigenvalue weighted by Crippen LogP contribution is -2.59. The molecule has 0 radical (unpaired) electrons. The van der Waals surface area contributed by atoms with E-state index in [1.54, 1.807) is 18.2 Å². The van der Waals surface area contributed by atoms with Crippen molar-refractivity contribution in [2.24, 2.45) is 0 Å². The van der Waals surface area contributed by atoms with Gasteiger partial charge in [-0.15, -0.1) is 0 Å². The summed E-state index contributed by atoms with van der Waals surface area (Å²) in [5.41, 5.74) is 1.60. The molecule has 204 valence electrons. The summed E-state index contributed by atoms with van der Waals surface area (Å²) < 4.78 is 14.5. The lowest BCUT2D eigenvalue weighted by atomic mass is 9.98. The lowest BCUT2D eigenvalue weighted by Gasteiger charge is -2.43. The number of aromatic hydroxyl groups is 1. The van der Waals surface area contributed by atoms with Crippen LogP contribution in [0.2, 0.25) is 0 Å². The lowest BCUT2D eigenvalue weighted by molar-refractivity contribution is 0.245. The van der Waals surface area contributed by atoms with Crippen LogP contribution < -0.4 is 25.7 Å². The highest BCUT2D eigenvalue weighted by atomic mass is 35.5. The molecule has 3 fully saturated rings. The van der Waals surface area contributed by atoms with Gasteiger partial charge in [0, 0.05) is 54.6 Å². The predicted molar refractivity (Wildman–Crippen MR) is 157 cm³/mol. The van der Waals surface area contributed by atoms with Crippen LogP contribution in [0.4, 0.5) is 16.2 Å². The molecule has 3 aliphatic rings. The summed E-state index contributed by atoms with van der Waals surface area (Å²) in [5, 5.41) is 17.2. The third kappa shape index (κ3) is 4.97. The van der Waals surface area contributed by atoms with Gasteiger partial charge in [0.1, 0.15) is 23.2 Å². The summed E-state index contributed by atoms with van der Waals surface area (Å²) in [6.07, 6.45) is 4.59. The van der Waals surface area contributed by atoms with Gasteiger partial charge in [-0.2, -0.15) is 4.98 Å². The minimum absolute atomic E-state index is 0.167. The quantitative estimate of drug-likeness (QED) is 0.507. The van der Waals surface area contributed by atoms with Gasteiger partial charge < -0.3 is 25.1 Å². The number of fused-ring (bicyclic) bond motifs is 3. The number of aromatic nitrogens is 2. The maximum atomic E-state index is 14.5. The van der Waals surface area contributed by atoms with E-state index in [4.69, 9.17) is 16.6 Å². The Bertz CT molecular complexity index is 1560. The van der Waals surface area contributed by atoms with Crippen molar-refractivity contribution in [3.63, 3.8) is 0 Å².